The van der Waals surface area contributed by atoms with Gasteiger partial charge in [0.25, 0.3) is 0 Å². The molecular formula is C25H23F2NO. The molecular weight excluding hydrogens is 368 g/mol. The molecule has 0 aromatic heterocycles. The highest BCUT2D eigenvalue weighted by atomic mass is 19.1. The lowest BCUT2D eigenvalue weighted by atomic mass is 9.96. The standard InChI is InChI=1S/C25H23F2NO/c1-3-5-19-14-20(9-8-16(19)2)17-10-12-18(13-11-17)23-15-29-25(28-23)24-21(26)6-4-7-22(24)27/h4,6-14,23H,3,5,15H2,1-2H3. The highest BCUT2D eigenvalue weighted by molar-refractivity contribution is 5.95. The van der Waals surface area contributed by atoms with Crippen LogP contribution in [0.5, 0.6) is 0 Å². The molecule has 1 heterocycles. The Kier molecular flexibility index (Phi) is 5.43. The average Bonchev–Trinajstić information content (AvgIpc) is 3.19. The second-order valence-electron chi connectivity index (χ2n) is 7.37. The molecule has 0 fully saturated rings. The molecule has 0 N–H and O–H groups in total. The van der Waals surface area contributed by atoms with Crippen molar-refractivity contribution in [2.75, 3.05) is 6.61 Å². The van der Waals surface area contributed by atoms with Gasteiger partial charge in [-0.25, -0.2) is 13.8 Å². The van der Waals surface area contributed by atoms with Crippen LogP contribution in [-0.4, -0.2) is 12.5 Å². The van der Waals surface area contributed by atoms with E-state index < -0.39 is 11.6 Å². The fourth-order valence-electron chi connectivity index (χ4n) is 3.67. The number of halogens is 2. The molecule has 4 heteroatoms. The summed E-state index contributed by atoms with van der Waals surface area (Å²) in [4.78, 5) is 4.42. The topological polar surface area (TPSA) is 21.6 Å². The number of hydrogen-bond acceptors (Lipinski definition) is 2. The van der Waals surface area contributed by atoms with Crippen LogP contribution < -0.4 is 0 Å². The third-order valence-electron chi connectivity index (χ3n) is 5.32. The molecule has 0 bridgehead atoms. The zero-order chi connectivity index (χ0) is 20.4. The first kappa shape index (κ1) is 19.3. The van der Waals surface area contributed by atoms with E-state index in [-0.39, 0.29) is 24.1 Å². The molecule has 148 valence electrons. The highest BCUT2D eigenvalue weighted by Gasteiger charge is 2.26. The first-order valence-corrected chi connectivity index (χ1v) is 9.91. The van der Waals surface area contributed by atoms with Crippen LogP contribution >= 0.6 is 0 Å². The molecule has 0 amide bonds. The molecule has 1 aliphatic heterocycles. The van der Waals surface area contributed by atoms with Crippen LogP contribution in [0.1, 0.15) is 41.6 Å². The number of ether oxygens (including phenoxy) is 1. The molecule has 1 aliphatic rings. The number of benzene rings is 3. The summed E-state index contributed by atoms with van der Waals surface area (Å²) in [5.41, 5.74) is 5.77. The van der Waals surface area contributed by atoms with Crippen molar-refractivity contribution in [3.63, 3.8) is 0 Å². The molecule has 0 saturated carbocycles. The normalized spacial score (nSPS) is 15.9. The number of aryl methyl sites for hydroxylation is 2. The maximum Gasteiger partial charge on any atom is 0.222 e. The Balaban J connectivity index is 1.58. The Bertz CT molecular complexity index is 1040. The molecule has 0 spiro atoms. The fourth-order valence-corrected chi connectivity index (χ4v) is 3.67. The number of rotatable bonds is 5. The molecule has 3 aromatic rings. The zero-order valence-electron chi connectivity index (χ0n) is 16.6. The molecule has 0 aliphatic carbocycles. The lowest BCUT2D eigenvalue weighted by molar-refractivity contribution is 0.317. The predicted molar refractivity (Wildman–Crippen MR) is 112 cm³/mol. The van der Waals surface area contributed by atoms with Crippen LogP contribution in [0.3, 0.4) is 0 Å². The molecule has 2 nitrogen and oxygen atoms in total. The highest BCUT2D eigenvalue weighted by Crippen LogP contribution is 2.30. The smallest absolute Gasteiger partial charge is 0.222 e. The largest absolute Gasteiger partial charge is 0.475 e. The Hall–Kier alpha value is -3.01. The second-order valence-corrected chi connectivity index (χ2v) is 7.37. The van der Waals surface area contributed by atoms with Crippen LogP contribution in [0.4, 0.5) is 8.78 Å². The lowest BCUT2D eigenvalue weighted by Crippen LogP contribution is -2.07. The van der Waals surface area contributed by atoms with Crippen LogP contribution in [0.15, 0.2) is 65.7 Å². The van der Waals surface area contributed by atoms with Crippen molar-refractivity contribution >= 4 is 5.90 Å². The minimum atomic E-state index is -0.665. The van der Waals surface area contributed by atoms with Gasteiger partial charge in [0.05, 0.1) is 0 Å². The van der Waals surface area contributed by atoms with Gasteiger partial charge in [-0.15, -0.1) is 0 Å². The van der Waals surface area contributed by atoms with Gasteiger partial charge in [0.15, 0.2) is 0 Å². The quantitative estimate of drug-likeness (QED) is 0.492. The van der Waals surface area contributed by atoms with Gasteiger partial charge >= 0.3 is 0 Å². The van der Waals surface area contributed by atoms with E-state index in [1.165, 1.54) is 34.9 Å². The minimum absolute atomic E-state index is 0.0254. The number of aliphatic imine (C=N–C) groups is 1. The summed E-state index contributed by atoms with van der Waals surface area (Å²) in [6.45, 7) is 4.60. The summed E-state index contributed by atoms with van der Waals surface area (Å²) < 4.78 is 33.5. The van der Waals surface area contributed by atoms with Gasteiger partial charge in [0.1, 0.15) is 29.8 Å². The van der Waals surface area contributed by atoms with E-state index in [1.54, 1.807) is 0 Å². The van der Waals surface area contributed by atoms with Crippen molar-refractivity contribution in [3.8, 4) is 11.1 Å². The molecule has 1 unspecified atom stereocenters. The molecule has 29 heavy (non-hydrogen) atoms. The van der Waals surface area contributed by atoms with Crippen molar-refractivity contribution < 1.29 is 13.5 Å². The summed E-state index contributed by atoms with van der Waals surface area (Å²) in [5.74, 6) is -1.30. The van der Waals surface area contributed by atoms with Crippen LogP contribution in [0, 0.1) is 18.6 Å². The lowest BCUT2D eigenvalue weighted by Gasteiger charge is -2.10. The Labute approximate surface area is 169 Å². The summed E-state index contributed by atoms with van der Waals surface area (Å²) in [7, 11) is 0. The first-order chi connectivity index (χ1) is 14.1. The van der Waals surface area contributed by atoms with Crippen molar-refractivity contribution in [2.45, 2.75) is 32.7 Å². The van der Waals surface area contributed by atoms with E-state index in [0.717, 1.165) is 24.0 Å². The van der Waals surface area contributed by atoms with Gasteiger partial charge in [0, 0.05) is 0 Å². The number of hydrogen-bond donors (Lipinski definition) is 0. The van der Waals surface area contributed by atoms with Crippen LogP contribution in [0.25, 0.3) is 11.1 Å². The Morgan fingerprint density at radius 3 is 2.34 bits per heavy atom. The van der Waals surface area contributed by atoms with Gasteiger partial charge in [-0.3, -0.25) is 0 Å². The zero-order valence-corrected chi connectivity index (χ0v) is 16.6. The van der Waals surface area contributed by atoms with E-state index in [4.69, 9.17) is 4.74 Å². The SMILES string of the molecule is CCCc1cc(-c2ccc(C3COC(c4c(F)cccc4F)=N3)cc2)ccc1C. The van der Waals surface area contributed by atoms with Gasteiger partial charge in [-0.2, -0.15) is 0 Å². The molecule has 3 aromatic carbocycles. The third kappa shape index (κ3) is 3.93. The van der Waals surface area contributed by atoms with Crippen molar-refractivity contribution in [2.24, 2.45) is 4.99 Å². The molecule has 0 radical (unpaired) electrons. The van der Waals surface area contributed by atoms with E-state index >= 15 is 0 Å². The summed E-state index contributed by atoms with van der Waals surface area (Å²) in [5, 5.41) is 0. The Morgan fingerprint density at radius 1 is 0.966 bits per heavy atom. The van der Waals surface area contributed by atoms with Gasteiger partial charge < -0.3 is 4.74 Å². The molecule has 4 rings (SSSR count). The van der Waals surface area contributed by atoms with Crippen LogP contribution in [0.2, 0.25) is 0 Å². The molecule has 0 saturated heterocycles. The Morgan fingerprint density at radius 2 is 1.66 bits per heavy atom. The van der Waals surface area contributed by atoms with Gasteiger partial charge in [-0.1, -0.05) is 61.9 Å². The van der Waals surface area contributed by atoms with E-state index in [2.05, 4.69) is 49.2 Å². The van der Waals surface area contributed by atoms with E-state index in [1.807, 2.05) is 12.1 Å². The van der Waals surface area contributed by atoms with E-state index in [9.17, 15) is 8.78 Å². The van der Waals surface area contributed by atoms with Crippen molar-refractivity contribution in [1.29, 1.82) is 0 Å². The van der Waals surface area contributed by atoms with Gasteiger partial charge in [-0.05, 0) is 53.3 Å². The predicted octanol–water partition coefficient (Wildman–Crippen LogP) is 6.41. The average molecular weight is 391 g/mol. The monoisotopic (exact) mass is 391 g/mol. The summed E-state index contributed by atoms with van der Waals surface area (Å²) >= 11 is 0. The van der Waals surface area contributed by atoms with Gasteiger partial charge in [0.2, 0.25) is 5.90 Å². The minimum Gasteiger partial charge on any atom is -0.475 e. The second kappa shape index (κ2) is 8.16. The summed E-state index contributed by atoms with van der Waals surface area (Å²) in [6, 6.07) is 18.2. The number of nitrogens with zero attached hydrogens (tertiary/aromatic N) is 1. The van der Waals surface area contributed by atoms with Crippen molar-refractivity contribution in [3.05, 3.63) is 94.6 Å². The first-order valence-electron chi connectivity index (χ1n) is 9.91. The van der Waals surface area contributed by atoms with Crippen LogP contribution in [-0.2, 0) is 11.2 Å². The maximum atomic E-state index is 14.0. The van der Waals surface area contributed by atoms with E-state index in [0.29, 0.717) is 0 Å². The molecule has 1 atom stereocenters. The van der Waals surface area contributed by atoms with Crippen molar-refractivity contribution in [1.82, 2.24) is 0 Å². The third-order valence-corrected chi connectivity index (χ3v) is 5.32. The fraction of sp³-hybridized carbons (Fsp3) is 0.240. The maximum absolute atomic E-state index is 14.0. The summed E-state index contributed by atoms with van der Waals surface area (Å²) in [6.07, 6.45) is 2.19.